The number of anilines is 1. The van der Waals surface area contributed by atoms with E-state index in [1.54, 1.807) is 7.05 Å². The van der Waals surface area contributed by atoms with Crippen LogP contribution in [0.2, 0.25) is 0 Å². The minimum atomic E-state index is -0.426. The Morgan fingerprint density at radius 1 is 1.29 bits per heavy atom. The number of nitro groups is 1. The molecule has 0 saturated carbocycles. The van der Waals surface area contributed by atoms with Crippen molar-refractivity contribution in [2.45, 2.75) is 26.2 Å². The molecule has 0 aliphatic heterocycles. The van der Waals surface area contributed by atoms with Crippen LogP contribution in [0.3, 0.4) is 0 Å². The number of non-ortho nitro benzene ring substituents is 1. The third kappa shape index (κ3) is 2.74. The summed E-state index contributed by atoms with van der Waals surface area (Å²) in [6, 6.07) is 4.86. The standard InChI is InChI=1S/C15H19N3O3/c1-15(2,3)11-7-9-6-10(18(19)20)8-12(21-5)13(9)17-14(11)16-4/h6-8H,1-5H3,(H,16,17). The first-order valence-electron chi connectivity index (χ1n) is 6.63. The lowest BCUT2D eigenvalue weighted by molar-refractivity contribution is -0.384. The van der Waals surface area contributed by atoms with E-state index in [0.29, 0.717) is 16.7 Å². The van der Waals surface area contributed by atoms with Gasteiger partial charge in [0, 0.05) is 24.1 Å². The van der Waals surface area contributed by atoms with Gasteiger partial charge in [0.15, 0.2) is 5.75 Å². The fourth-order valence-corrected chi connectivity index (χ4v) is 2.26. The number of fused-ring (bicyclic) bond motifs is 1. The third-order valence-corrected chi connectivity index (χ3v) is 3.34. The Balaban J connectivity index is 2.84. The molecule has 2 rings (SSSR count). The molecule has 6 heteroatoms. The number of nitro benzene ring substituents is 1. The van der Waals surface area contributed by atoms with Crippen LogP contribution in [0.15, 0.2) is 18.2 Å². The van der Waals surface area contributed by atoms with Crippen LogP contribution in [-0.2, 0) is 5.41 Å². The molecule has 0 aliphatic carbocycles. The topological polar surface area (TPSA) is 77.3 Å². The summed E-state index contributed by atoms with van der Waals surface area (Å²) in [4.78, 5) is 15.2. The summed E-state index contributed by atoms with van der Waals surface area (Å²) in [5, 5.41) is 14.8. The number of ether oxygens (including phenoxy) is 1. The van der Waals surface area contributed by atoms with Crippen LogP contribution in [0.1, 0.15) is 26.3 Å². The molecule has 0 atom stereocenters. The van der Waals surface area contributed by atoms with Gasteiger partial charge in [-0.3, -0.25) is 10.1 Å². The molecule has 0 radical (unpaired) electrons. The van der Waals surface area contributed by atoms with Gasteiger partial charge in [-0.05, 0) is 11.5 Å². The van der Waals surface area contributed by atoms with Gasteiger partial charge in [-0.1, -0.05) is 20.8 Å². The molecule has 21 heavy (non-hydrogen) atoms. The summed E-state index contributed by atoms with van der Waals surface area (Å²) in [6.45, 7) is 6.22. The van der Waals surface area contributed by atoms with Gasteiger partial charge in [0.2, 0.25) is 0 Å². The number of hydrogen-bond acceptors (Lipinski definition) is 5. The number of rotatable bonds is 3. The maximum Gasteiger partial charge on any atom is 0.273 e. The second-order valence-electron chi connectivity index (χ2n) is 5.86. The highest BCUT2D eigenvalue weighted by Crippen LogP contribution is 2.36. The van der Waals surface area contributed by atoms with E-state index in [0.717, 1.165) is 11.4 Å². The maximum absolute atomic E-state index is 11.0. The Morgan fingerprint density at radius 2 is 1.95 bits per heavy atom. The van der Waals surface area contributed by atoms with E-state index >= 15 is 0 Å². The predicted octanol–water partition coefficient (Wildman–Crippen LogP) is 3.49. The molecule has 1 heterocycles. The summed E-state index contributed by atoms with van der Waals surface area (Å²) in [5.74, 6) is 1.15. The number of nitrogens with zero attached hydrogens (tertiary/aromatic N) is 2. The molecule has 2 aromatic rings. The quantitative estimate of drug-likeness (QED) is 0.691. The Labute approximate surface area is 123 Å². The van der Waals surface area contributed by atoms with Crippen molar-refractivity contribution in [2.24, 2.45) is 0 Å². The van der Waals surface area contributed by atoms with Crippen LogP contribution in [0.4, 0.5) is 11.5 Å². The van der Waals surface area contributed by atoms with E-state index < -0.39 is 4.92 Å². The van der Waals surface area contributed by atoms with Gasteiger partial charge in [-0.25, -0.2) is 4.98 Å². The molecule has 0 unspecified atom stereocenters. The predicted molar refractivity (Wildman–Crippen MR) is 83.2 cm³/mol. The van der Waals surface area contributed by atoms with Gasteiger partial charge in [0.1, 0.15) is 11.3 Å². The minimum Gasteiger partial charge on any atom is -0.494 e. The molecule has 0 saturated heterocycles. The highest BCUT2D eigenvalue weighted by atomic mass is 16.6. The fraction of sp³-hybridized carbons (Fsp3) is 0.400. The average Bonchev–Trinajstić information content (AvgIpc) is 2.43. The Bertz CT molecular complexity index is 705. The van der Waals surface area contributed by atoms with Gasteiger partial charge < -0.3 is 10.1 Å². The first kappa shape index (κ1) is 15.0. The Morgan fingerprint density at radius 3 is 2.43 bits per heavy atom. The molecular formula is C15H19N3O3. The molecule has 0 amide bonds. The molecule has 0 spiro atoms. The van der Waals surface area contributed by atoms with Gasteiger partial charge in [-0.2, -0.15) is 0 Å². The molecule has 0 aliphatic rings. The molecule has 112 valence electrons. The van der Waals surface area contributed by atoms with Gasteiger partial charge in [0.05, 0.1) is 18.1 Å². The second kappa shape index (κ2) is 5.20. The van der Waals surface area contributed by atoms with Crippen molar-refractivity contribution in [3.8, 4) is 5.75 Å². The van der Waals surface area contributed by atoms with Crippen molar-refractivity contribution in [3.05, 3.63) is 33.9 Å². The van der Waals surface area contributed by atoms with Crippen molar-refractivity contribution in [3.63, 3.8) is 0 Å². The summed E-state index contributed by atoms with van der Waals surface area (Å²) in [6.07, 6.45) is 0. The molecular weight excluding hydrogens is 270 g/mol. The number of pyridine rings is 1. The van der Waals surface area contributed by atoms with E-state index in [4.69, 9.17) is 4.74 Å². The zero-order valence-corrected chi connectivity index (χ0v) is 12.9. The van der Waals surface area contributed by atoms with Crippen LogP contribution in [0.25, 0.3) is 10.9 Å². The Hall–Kier alpha value is -2.37. The maximum atomic E-state index is 11.0. The number of nitrogens with one attached hydrogen (secondary N) is 1. The number of methoxy groups -OCH3 is 1. The lowest BCUT2D eigenvalue weighted by Gasteiger charge is -2.22. The lowest BCUT2D eigenvalue weighted by Crippen LogP contribution is -2.15. The fourth-order valence-electron chi connectivity index (χ4n) is 2.26. The van der Waals surface area contributed by atoms with Crippen molar-refractivity contribution in [2.75, 3.05) is 19.5 Å². The van der Waals surface area contributed by atoms with Crippen LogP contribution in [0, 0.1) is 10.1 Å². The van der Waals surface area contributed by atoms with E-state index in [9.17, 15) is 10.1 Å². The van der Waals surface area contributed by atoms with E-state index in [1.165, 1.54) is 19.2 Å². The van der Waals surface area contributed by atoms with Crippen molar-refractivity contribution >= 4 is 22.4 Å². The molecule has 6 nitrogen and oxygen atoms in total. The lowest BCUT2D eigenvalue weighted by atomic mass is 9.86. The van der Waals surface area contributed by atoms with Crippen LogP contribution >= 0.6 is 0 Å². The third-order valence-electron chi connectivity index (χ3n) is 3.34. The van der Waals surface area contributed by atoms with Crippen LogP contribution in [0.5, 0.6) is 5.75 Å². The minimum absolute atomic E-state index is 0.00165. The summed E-state index contributed by atoms with van der Waals surface area (Å²) in [5.41, 5.74) is 1.48. The van der Waals surface area contributed by atoms with E-state index in [1.807, 2.05) is 6.07 Å². The zero-order valence-electron chi connectivity index (χ0n) is 12.9. The van der Waals surface area contributed by atoms with Gasteiger partial charge in [-0.15, -0.1) is 0 Å². The van der Waals surface area contributed by atoms with Gasteiger partial charge >= 0.3 is 0 Å². The van der Waals surface area contributed by atoms with Crippen molar-refractivity contribution < 1.29 is 9.66 Å². The monoisotopic (exact) mass is 289 g/mol. The summed E-state index contributed by atoms with van der Waals surface area (Å²) in [7, 11) is 3.29. The highest BCUT2D eigenvalue weighted by molar-refractivity contribution is 5.89. The average molecular weight is 289 g/mol. The molecule has 1 aromatic heterocycles. The smallest absolute Gasteiger partial charge is 0.273 e. The van der Waals surface area contributed by atoms with E-state index in [2.05, 4.69) is 31.1 Å². The second-order valence-corrected chi connectivity index (χ2v) is 5.86. The first-order valence-corrected chi connectivity index (χ1v) is 6.63. The molecule has 0 fully saturated rings. The van der Waals surface area contributed by atoms with Crippen molar-refractivity contribution in [1.82, 2.24) is 4.98 Å². The molecule has 1 aromatic carbocycles. The van der Waals surface area contributed by atoms with Crippen molar-refractivity contribution in [1.29, 1.82) is 0 Å². The van der Waals surface area contributed by atoms with Crippen LogP contribution in [-0.4, -0.2) is 24.1 Å². The van der Waals surface area contributed by atoms with Crippen LogP contribution < -0.4 is 10.1 Å². The number of hydrogen-bond donors (Lipinski definition) is 1. The normalized spacial score (nSPS) is 11.5. The Kier molecular flexibility index (Phi) is 3.72. The van der Waals surface area contributed by atoms with E-state index in [-0.39, 0.29) is 11.1 Å². The van der Waals surface area contributed by atoms with Gasteiger partial charge in [0.25, 0.3) is 5.69 Å². The number of aromatic nitrogens is 1. The first-order chi connectivity index (χ1) is 9.77. The largest absolute Gasteiger partial charge is 0.494 e. The SMILES string of the molecule is CNc1nc2c(OC)cc([N+](=O)[O-])cc2cc1C(C)(C)C. The summed E-state index contributed by atoms with van der Waals surface area (Å²) >= 11 is 0. The summed E-state index contributed by atoms with van der Waals surface area (Å²) < 4.78 is 5.25. The number of benzene rings is 1. The molecule has 0 bridgehead atoms. The zero-order chi connectivity index (χ0) is 15.8. The highest BCUT2D eigenvalue weighted by Gasteiger charge is 2.22. The molecule has 1 N–H and O–H groups in total.